The molecule has 1 aliphatic rings. The number of hydrogen-bond donors (Lipinski definition) is 1. The van der Waals surface area contributed by atoms with E-state index in [1.165, 1.54) is 5.56 Å². The molecular weight excluding hydrogens is 174 g/mol. The lowest BCUT2D eigenvalue weighted by Gasteiger charge is -2.22. The van der Waals surface area contributed by atoms with Crippen LogP contribution in [0.2, 0.25) is 0 Å². The Hall–Kier alpha value is -1.44. The van der Waals surface area contributed by atoms with Gasteiger partial charge < -0.3 is 10.1 Å². The van der Waals surface area contributed by atoms with Crippen LogP contribution in [0.5, 0.6) is 5.75 Å². The smallest absolute Gasteiger partial charge is 0.143 e. The summed E-state index contributed by atoms with van der Waals surface area (Å²) in [6, 6.07) is 6.26. The summed E-state index contributed by atoms with van der Waals surface area (Å²) in [5.41, 5.74) is 3.26. The molecule has 0 fully saturated rings. The van der Waals surface area contributed by atoms with Gasteiger partial charge in [0.2, 0.25) is 0 Å². The van der Waals surface area contributed by atoms with Crippen LogP contribution in [0.15, 0.2) is 30.5 Å². The SMILES string of the molecule is C=C1COc2ccc(C(C)C)cc2N1. The summed E-state index contributed by atoms with van der Waals surface area (Å²) in [4.78, 5) is 0. The number of hydrogen-bond acceptors (Lipinski definition) is 2. The Morgan fingerprint density at radius 1 is 1.43 bits per heavy atom. The van der Waals surface area contributed by atoms with Crippen molar-refractivity contribution >= 4 is 5.69 Å². The van der Waals surface area contributed by atoms with E-state index in [4.69, 9.17) is 4.74 Å². The predicted molar refractivity (Wildman–Crippen MR) is 58.8 cm³/mol. The molecule has 2 heteroatoms. The molecule has 1 aromatic carbocycles. The minimum atomic E-state index is 0.539. The van der Waals surface area contributed by atoms with E-state index in [0.717, 1.165) is 17.1 Å². The summed E-state index contributed by atoms with van der Waals surface area (Å²) in [7, 11) is 0. The fraction of sp³-hybridized carbons (Fsp3) is 0.333. The Morgan fingerprint density at radius 2 is 2.21 bits per heavy atom. The monoisotopic (exact) mass is 189 g/mol. The molecule has 0 aliphatic carbocycles. The van der Waals surface area contributed by atoms with Gasteiger partial charge in [0.15, 0.2) is 0 Å². The number of nitrogens with one attached hydrogen (secondary N) is 1. The van der Waals surface area contributed by atoms with Crippen LogP contribution in [0, 0.1) is 0 Å². The van der Waals surface area contributed by atoms with E-state index < -0.39 is 0 Å². The maximum atomic E-state index is 5.51. The zero-order chi connectivity index (χ0) is 10.1. The molecule has 0 saturated heterocycles. The van der Waals surface area contributed by atoms with E-state index >= 15 is 0 Å². The van der Waals surface area contributed by atoms with E-state index in [1.807, 2.05) is 6.07 Å². The summed E-state index contributed by atoms with van der Waals surface area (Å²) in [5.74, 6) is 1.46. The minimum absolute atomic E-state index is 0.539. The summed E-state index contributed by atoms with van der Waals surface area (Å²) in [5, 5.41) is 3.24. The molecule has 1 N–H and O–H groups in total. The third kappa shape index (κ3) is 1.60. The van der Waals surface area contributed by atoms with Crippen molar-refractivity contribution in [3.63, 3.8) is 0 Å². The molecule has 0 atom stereocenters. The van der Waals surface area contributed by atoms with Gasteiger partial charge in [-0.15, -0.1) is 0 Å². The molecule has 14 heavy (non-hydrogen) atoms. The molecule has 74 valence electrons. The van der Waals surface area contributed by atoms with Crippen LogP contribution in [-0.2, 0) is 0 Å². The number of anilines is 1. The summed E-state index contributed by atoms with van der Waals surface area (Å²) in [6.45, 7) is 8.78. The van der Waals surface area contributed by atoms with Crippen LogP contribution < -0.4 is 10.1 Å². The quantitative estimate of drug-likeness (QED) is 0.732. The zero-order valence-corrected chi connectivity index (χ0v) is 8.63. The van der Waals surface area contributed by atoms with Gasteiger partial charge >= 0.3 is 0 Å². The van der Waals surface area contributed by atoms with Gasteiger partial charge in [-0.1, -0.05) is 26.5 Å². The first-order valence-electron chi connectivity index (χ1n) is 4.88. The largest absolute Gasteiger partial charge is 0.485 e. The average Bonchev–Trinajstić information content (AvgIpc) is 2.16. The standard InChI is InChI=1S/C12H15NO/c1-8(2)10-4-5-12-11(6-10)13-9(3)7-14-12/h4-6,8,13H,3,7H2,1-2H3. The van der Waals surface area contributed by atoms with Crippen molar-refractivity contribution in [2.45, 2.75) is 19.8 Å². The number of benzene rings is 1. The van der Waals surface area contributed by atoms with E-state index in [-0.39, 0.29) is 0 Å². The third-order valence-corrected chi connectivity index (χ3v) is 2.38. The van der Waals surface area contributed by atoms with E-state index in [9.17, 15) is 0 Å². The van der Waals surface area contributed by atoms with Crippen LogP contribution in [0.3, 0.4) is 0 Å². The second-order valence-corrected chi connectivity index (χ2v) is 3.93. The van der Waals surface area contributed by atoms with Crippen molar-refractivity contribution in [3.8, 4) is 5.75 Å². The highest BCUT2D eigenvalue weighted by atomic mass is 16.5. The Labute approximate surface area is 84.6 Å². The minimum Gasteiger partial charge on any atom is -0.485 e. The van der Waals surface area contributed by atoms with Gasteiger partial charge in [-0.3, -0.25) is 0 Å². The topological polar surface area (TPSA) is 21.3 Å². The van der Waals surface area contributed by atoms with Crippen LogP contribution >= 0.6 is 0 Å². The molecule has 0 bridgehead atoms. The maximum absolute atomic E-state index is 5.51. The Morgan fingerprint density at radius 3 is 2.93 bits per heavy atom. The fourth-order valence-corrected chi connectivity index (χ4v) is 1.52. The van der Waals surface area contributed by atoms with Gasteiger partial charge in [0.25, 0.3) is 0 Å². The van der Waals surface area contributed by atoms with E-state index in [2.05, 4.69) is 37.9 Å². The molecule has 0 aromatic heterocycles. The predicted octanol–water partition coefficient (Wildman–Crippen LogP) is 3.13. The summed E-state index contributed by atoms with van der Waals surface area (Å²) in [6.07, 6.45) is 0. The highest BCUT2D eigenvalue weighted by Gasteiger charge is 2.12. The highest BCUT2D eigenvalue weighted by molar-refractivity contribution is 5.63. The Kier molecular flexibility index (Phi) is 2.20. The van der Waals surface area contributed by atoms with Crippen molar-refractivity contribution < 1.29 is 4.74 Å². The van der Waals surface area contributed by atoms with Crippen molar-refractivity contribution in [3.05, 3.63) is 36.0 Å². The lowest BCUT2D eigenvalue weighted by atomic mass is 10.0. The molecule has 2 nitrogen and oxygen atoms in total. The number of fused-ring (bicyclic) bond motifs is 1. The number of ether oxygens (including phenoxy) is 1. The third-order valence-electron chi connectivity index (χ3n) is 2.38. The van der Waals surface area contributed by atoms with Crippen LogP contribution in [0.1, 0.15) is 25.3 Å². The molecule has 1 heterocycles. The van der Waals surface area contributed by atoms with Crippen LogP contribution in [0.4, 0.5) is 5.69 Å². The molecule has 1 aliphatic heterocycles. The molecule has 0 radical (unpaired) electrons. The molecule has 0 spiro atoms. The first-order valence-corrected chi connectivity index (χ1v) is 4.88. The Balaban J connectivity index is 2.37. The molecule has 0 unspecified atom stereocenters. The van der Waals surface area contributed by atoms with Gasteiger partial charge in [0, 0.05) is 5.70 Å². The van der Waals surface area contributed by atoms with E-state index in [0.29, 0.717) is 12.5 Å². The summed E-state index contributed by atoms with van der Waals surface area (Å²) < 4.78 is 5.51. The second-order valence-electron chi connectivity index (χ2n) is 3.93. The zero-order valence-electron chi connectivity index (χ0n) is 8.63. The molecular formula is C12H15NO. The van der Waals surface area contributed by atoms with Crippen molar-refractivity contribution in [2.24, 2.45) is 0 Å². The van der Waals surface area contributed by atoms with Gasteiger partial charge in [-0.05, 0) is 23.6 Å². The number of rotatable bonds is 1. The molecule has 2 rings (SSSR count). The van der Waals surface area contributed by atoms with Crippen molar-refractivity contribution in [1.82, 2.24) is 0 Å². The maximum Gasteiger partial charge on any atom is 0.143 e. The lowest BCUT2D eigenvalue weighted by Crippen LogP contribution is -2.15. The van der Waals surface area contributed by atoms with Crippen LogP contribution in [0.25, 0.3) is 0 Å². The first-order chi connectivity index (χ1) is 6.66. The normalized spacial score (nSPS) is 14.6. The van der Waals surface area contributed by atoms with Gasteiger partial charge in [0.1, 0.15) is 12.4 Å². The summed E-state index contributed by atoms with van der Waals surface area (Å²) >= 11 is 0. The Bertz CT molecular complexity index is 369. The molecule has 0 amide bonds. The average molecular weight is 189 g/mol. The molecule has 1 aromatic rings. The highest BCUT2D eigenvalue weighted by Crippen LogP contribution is 2.32. The molecule has 0 saturated carbocycles. The van der Waals surface area contributed by atoms with Gasteiger partial charge in [-0.2, -0.15) is 0 Å². The lowest BCUT2D eigenvalue weighted by molar-refractivity contribution is 0.346. The van der Waals surface area contributed by atoms with Crippen LogP contribution in [-0.4, -0.2) is 6.61 Å². The van der Waals surface area contributed by atoms with Crippen molar-refractivity contribution in [2.75, 3.05) is 11.9 Å². The first kappa shape index (κ1) is 9.13. The second kappa shape index (κ2) is 3.37. The van der Waals surface area contributed by atoms with E-state index in [1.54, 1.807) is 0 Å². The fourth-order valence-electron chi connectivity index (χ4n) is 1.52. The van der Waals surface area contributed by atoms with Crippen molar-refractivity contribution in [1.29, 1.82) is 0 Å². The van der Waals surface area contributed by atoms with Gasteiger partial charge in [0.05, 0.1) is 5.69 Å². The van der Waals surface area contributed by atoms with Gasteiger partial charge in [-0.25, -0.2) is 0 Å².